The van der Waals surface area contributed by atoms with Crippen molar-refractivity contribution in [3.05, 3.63) is 35.4 Å². The lowest BCUT2D eigenvalue weighted by Gasteiger charge is -2.38. The van der Waals surface area contributed by atoms with Gasteiger partial charge in [0.25, 0.3) is 0 Å². The Balaban J connectivity index is 1.33. The minimum atomic E-state index is -3.22. The summed E-state index contributed by atoms with van der Waals surface area (Å²) in [6.07, 6.45) is 3.65. The second kappa shape index (κ2) is 8.48. The molecule has 4 rings (SSSR count). The monoisotopic (exact) mass is 447 g/mol. The molecule has 1 N–H and O–H groups in total. The van der Waals surface area contributed by atoms with Crippen molar-refractivity contribution < 1.29 is 13.2 Å². The van der Waals surface area contributed by atoms with Gasteiger partial charge in [-0.05, 0) is 62.3 Å². The second-order valence-corrected chi connectivity index (χ2v) is 11.6. The Labute approximate surface area is 182 Å². The number of rotatable bonds is 6. The molecule has 1 unspecified atom stereocenters. The molecule has 30 heavy (non-hydrogen) atoms. The van der Waals surface area contributed by atoms with Crippen molar-refractivity contribution in [2.24, 2.45) is 11.8 Å². The average Bonchev–Trinajstić information content (AvgIpc) is 2.88. The first-order valence-electron chi connectivity index (χ1n) is 10.5. The molecule has 1 aliphatic heterocycles. The Morgan fingerprint density at radius 3 is 2.57 bits per heavy atom. The van der Waals surface area contributed by atoms with E-state index in [4.69, 9.17) is 4.98 Å². The van der Waals surface area contributed by atoms with E-state index < -0.39 is 10.0 Å². The summed E-state index contributed by atoms with van der Waals surface area (Å²) in [6, 6.07) is 8.36. The fourth-order valence-corrected chi connectivity index (χ4v) is 6.61. The summed E-state index contributed by atoms with van der Waals surface area (Å²) in [5.74, 6) is 1.30. The Morgan fingerprint density at radius 1 is 1.20 bits per heavy atom. The van der Waals surface area contributed by atoms with Gasteiger partial charge >= 0.3 is 0 Å². The topological polar surface area (TPSA) is 79.4 Å². The first kappa shape index (κ1) is 21.6. The maximum Gasteiger partial charge on any atom is 0.223 e. The number of fused-ring (bicyclic) bond motifs is 3. The fraction of sp³-hybridized carbons (Fsp3) is 0.545. The van der Waals surface area contributed by atoms with Crippen LogP contribution in [0, 0.1) is 25.7 Å². The number of pyridine rings is 1. The number of piperidine rings is 1. The minimum Gasteiger partial charge on any atom is -0.342 e. The smallest absolute Gasteiger partial charge is 0.223 e. The van der Waals surface area contributed by atoms with Gasteiger partial charge in [-0.1, -0.05) is 11.6 Å². The quantitative estimate of drug-likeness (QED) is 0.689. The number of aryl methyl sites for hydroxylation is 2. The van der Waals surface area contributed by atoms with Gasteiger partial charge in [0.15, 0.2) is 0 Å². The molecule has 0 radical (unpaired) electrons. The van der Waals surface area contributed by atoms with Crippen LogP contribution in [0.2, 0.25) is 0 Å². The molecule has 1 aromatic heterocycles. The third-order valence-electron chi connectivity index (χ3n) is 6.25. The SMILES string of the molecule is Cc1ccc2nc(SCCC(=O)N3C[C@H]4CC[C@@H](C3)C4NS(C)(=O)=O)cc(C)c2c1. The van der Waals surface area contributed by atoms with Crippen LogP contribution in [0.5, 0.6) is 0 Å². The highest BCUT2D eigenvalue weighted by atomic mass is 32.2. The lowest BCUT2D eigenvalue weighted by Crippen LogP contribution is -2.53. The average molecular weight is 448 g/mol. The number of likely N-dealkylation sites (tertiary alicyclic amines) is 1. The van der Waals surface area contributed by atoms with Crippen molar-refractivity contribution in [3.8, 4) is 0 Å². The molecule has 8 heteroatoms. The summed E-state index contributed by atoms with van der Waals surface area (Å²) < 4.78 is 26.1. The summed E-state index contributed by atoms with van der Waals surface area (Å²) in [4.78, 5) is 19.4. The van der Waals surface area contributed by atoms with E-state index in [1.807, 2.05) is 4.90 Å². The molecular weight excluding hydrogens is 418 g/mol. The van der Waals surface area contributed by atoms with Gasteiger partial charge < -0.3 is 4.90 Å². The molecule has 0 spiro atoms. The molecule has 162 valence electrons. The van der Waals surface area contributed by atoms with Crippen molar-refractivity contribution in [3.63, 3.8) is 0 Å². The van der Waals surface area contributed by atoms with Gasteiger partial charge in [0.2, 0.25) is 15.9 Å². The van der Waals surface area contributed by atoms with E-state index in [1.54, 1.807) is 11.8 Å². The van der Waals surface area contributed by atoms with Crippen molar-refractivity contribution in [2.75, 3.05) is 25.1 Å². The number of hydrogen-bond acceptors (Lipinski definition) is 5. The molecular formula is C22H29N3O3S2. The second-order valence-electron chi connectivity index (χ2n) is 8.71. The molecule has 1 saturated carbocycles. The van der Waals surface area contributed by atoms with Gasteiger partial charge in [-0.15, -0.1) is 11.8 Å². The summed E-state index contributed by atoms with van der Waals surface area (Å²) in [5.41, 5.74) is 3.42. The van der Waals surface area contributed by atoms with E-state index in [1.165, 1.54) is 22.8 Å². The van der Waals surface area contributed by atoms with Crippen LogP contribution < -0.4 is 4.72 Å². The van der Waals surface area contributed by atoms with Crippen LogP contribution in [0.15, 0.2) is 29.3 Å². The molecule has 1 aromatic carbocycles. The number of sulfonamides is 1. The van der Waals surface area contributed by atoms with Gasteiger partial charge in [0.05, 0.1) is 16.8 Å². The highest BCUT2D eigenvalue weighted by Gasteiger charge is 2.44. The molecule has 2 heterocycles. The number of hydrogen-bond donors (Lipinski definition) is 1. The number of nitrogens with zero attached hydrogens (tertiary/aromatic N) is 2. The van der Waals surface area contributed by atoms with Crippen molar-refractivity contribution in [2.45, 2.75) is 44.2 Å². The number of thioether (sulfide) groups is 1. The van der Waals surface area contributed by atoms with E-state index in [9.17, 15) is 13.2 Å². The zero-order valence-electron chi connectivity index (χ0n) is 17.7. The highest BCUT2D eigenvalue weighted by molar-refractivity contribution is 7.99. The molecule has 1 aliphatic carbocycles. The van der Waals surface area contributed by atoms with Gasteiger partial charge in [0.1, 0.15) is 0 Å². The molecule has 1 saturated heterocycles. The van der Waals surface area contributed by atoms with Crippen LogP contribution in [0.4, 0.5) is 0 Å². The maximum absolute atomic E-state index is 12.8. The number of nitrogens with one attached hydrogen (secondary N) is 1. The minimum absolute atomic E-state index is 0.0214. The van der Waals surface area contributed by atoms with Crippen molar-refractivity contribution in [1.82, 2.24) is 14.6 Å². The molecule has 1 amide bonds. The van der Waals surface area contributed by atoms with Crippen molar-refractivity contribution in [1.29, 1.82) is 0 Å². The molecule has 6 nitrogen and oxygen atoms in total. The number of carbonyl (C=O) groups is 1. The maximum atomic E-state index is 12.8. The number of aromatic nitrogens is 1. The van der Waals surface area contributed by atoms with Gasteiger partial charge in [-0.2, -0.15) is 0 Å². The fourth-order valence-electron chi connectivity index (χ4n) is 4.82. The van der Waals surface area contributed by atoms with Gasteiger partial charge in [-0.25, -0.2) is 18.1 Å². The predicted molar refractivity (Wildman–Crippen MR) is 121 cm³/mol. The van der Waals surface area contributed by atoms with E-state index in [-0.39, 0.29) is 23.8 Å². The zero-order chi connectivity index (χ0) is 21.5. The largest absolute Gasteiger partial charge is 0.342 e. The molecule has 3 atom stereocenters. The van der Waals surface area contributed by atoms with Crippen LogP contribution in [0.1, 0.15) is 30.4 Å². The third kappa shape index (κ3) is 4.81. The van der Waals surface area contributed by atoms with E-state index in [0.29, 0.717) is 25.3 Å². The summed E-state index contributed by atoms with van der Waals surface area (Å²) in [5, 5.41) is 2.13. The van der Waals surface area contributed by atoms with Crippen LogP contribution in [0.3, 0.4) is 0 Å². The van der Waals surface area contributed by atoms with Crippen molar-refractivity contribution >= 4 is 38.6 Å². The first-order chi connectivity index (χ1) is 14.2. The number of carbonyl (C=O) groups excluding carboxylic acids is 1. The standard InChI is InChI=1S/C22H29N3O3S2/c1-14-4-7-19-18(10-14)15(2)11-20(23-19)29-9-8-21(26)25-12-16-5-6-17(13-25)22(16)24-30(3,27)28/h4,7,10-11,16-17,22,24H,5-6,8-9,12-13H2,1-3H3/t16-,17+,22?. The molecule has 2 fully saturated rings. The van der Waals surface area contributed by atoms with Crippen LogP contribution in [0.25, 0.3) is 10.9 Å². The summed E-state index contributed by atoms with van der Waals surface area (Å²) in [6.45, 7) is 5.49. The van der Waals surface area contributed by atoms with Crippen LogP contribution in [-0.4, -0.2) is 55.3 Å². The Bertz CT molecular complexity index is 1060. The number of amides is 1. The zero-order valence-corrected chi connectivity index (χ0v) is 19.4. The molecule has 2 aliphatic rings. The van der Waals surface area contributed by atoms with E-state index in [2.05, 4.69) is 42.8 Å². The lowest BCUT2D eigenvalue weighted by atomic mass is 9.93. The first-order valence-corrected chi connectivity index (χ1v) is 13.3. The Kier molecular flexibility index (Phi) is 6.10. The Hall–Kier alpha value is -1.64. The lowest BCUT2D eigenvalue weighted by molar-refractivity contribution is -0.133. The van der Waals surface area contributed by atoms with Gasteiger partial charge in [-0.3, -0.25) is 4.79 Å². The summed E-state index contributed by atoms with van der Waals surface area (Å²) in [7, 11) is -3.22. The van der Waals surface area contributed by atoms with E-state index >= 15 is 0 Å². The number of benzene rings is 1. The Morgan fingerprint density at radius 2 is 1.90 bits per heavy atom. The molecule has 2 aromatic rings. The molecule has 2 bridgehead atoms. The summed E-state index contributed by atoms with van der Waals surface area (Å²) >= 11 is 1.62. The van der Waals surface area contributed by atoms with Crippen LogP contribution in [-0.2, 0) is 14.8 Å². The normalized spacial score (nSPS) is 23.8. The van der Waals surface area contributed by atoms with Gasteiger partial charge in [0, 0.05) is 36.7 Å². The predicted octanol–water partition coefficient (Wildman–Crippen LogP) is 3.12. The highest BCUT2D eigenvalue weighted by Crippen LogP contribution is 2.37. The third-order valence-corrected chi connectivity index (χ3v) is 7.86. The van der Waals surface area contributed by atoms with E-state index in [0.717, 1.165) is 23.4 Å². The van der Waals surface area contributed by atoms with Crippen LogP contribution >= 0.6 is 11.8 Å².